The Balaban J connectivity index is 2.74. The number of hydrogen-bond acceptors (Lipinski definition) is 6. The van der Waals surface area contributed by atoms with Crippen molar-refractivity contribution in [3.05, 3.63) is 18.5 Å². The van der Waals surface area contributed by atoms with E-state index < -0.39 is 0 Å². The molecule has 2 aromatic rings. The molecular formula is C7H5N3OS2. The molecule has 0 bridgehead atoms. The van der Waals surface area contributed by atoms with Gasteiger partial charge in [0.2, 0.25) is 0 Å². The molecule has 0 spiro atoms. The number of pyridine rings is 1. The fourth-order valence-electron chi connectivity index (χ4n) is 0.941. The third kappa shape index (κ3) is 1.54. The number of hydrogen-bond donors (Lipinski definition) is 2. The summed E-state index contributed by atoms with van der Waals surface area (Å²) >= 11 is 3.95. The fraction of sp³-hybridized carbons (Fsp3) is 0. The maximum absolute atomic E-state index is 9.41. The molecule has 0 radical (unpaired) electrons. The number of aromatic nitrogens is 3. The molecule has 2 rings (SSSR count). The molecule has 0 fully saturated rings. The standard InChI is InChI=1S/C7H5N3OS2/c11-5-3-4-6(9-2-1-8-4)10-7(5)13-12/h1-3,11-12H. The van der Waals surface area contributed by atoms with E-state index >= 15 is 0 Å². The fourth-order valence-corrected chi connectivity index (χ4v) is 1.62. The van der Waals surface area contributed by atoms with Gasteiger partial charge in [0.25, 0.3) is 0 Å². The van der Waals surface area contributed by atoms with E-state index in [1.807, 2.05) is 0 Å². The molecule has 0 aliphatic heterocycles. The predicted molar refractivity (Wildman–Crippen MR) is 53.8 cm³/mol. The molecule has 0 aliphatic carbocycles. The van der Waals surface area contributed by atoms with E-state index in [-0.39, 0.29) is 5.75 Å². The van der Waals surface area contributed by atoms with E-state index in [9.17, 15) is 5.11 Å². The van der Waals surface area contributed by atoms with Crippen LogP contribution in [0.3, 0.4) is 0 Å². The quantitative estimate of drug-likeness (QED) is 0.555. The maximum atomic E-state index is 9.41. The van der Waals surface area contributed by atoms with Crippen molar-refractivity contribution < 1.29 is 5.11 Å². The van der Waals surface area contributed by atoms with Gasteiger partial charge in [0.05, 0.1) is 0 Å². The number of aromatic hydroxyl groups is 1. The van der Waals surface area contributed by atoms with E-state index in [1.165, 1.54) is 6.07 Å². The average molecular weight is 211 g/mol. The maximum Gasteiger partial charge on any atom is 0.179 e. The normalized spacial score (nSPS) is 10.5. The number of thiol groups is 1. The van der Waals surface area contributed by atoms with Crippen molar-refractivity contribution in [1.29, 1.82) is 0 Å². The molecule has 0 atom stereocenters. The van der Waals surface area contributed by atoms with Gasteiger partial charge < -0.3 is 5.11 Å². The van der Waals surface area contributed by atoms with Gasteiger partial charge in [-0.05, 0) is 10.8 Å². The first-order valence-corrected chi connectivity index (χ1v) is 5.30. The molecule has 6 heteroatoms. The topological polar surface area (TPSA) is 58.9 Å². The van der Waals surface area contributed by atoms with Crippen LogP contribution in [0.15, 0.2) is 23.5 Å². The molecule has 2 heterocycles. The Morgan fingerprint density at radius 1 is 1.31 bits per heavy atom. The Kier molecular flexibility index (Phi) is 2.24. The summed E-state index contributed by atoms with van der Waals surface area (Å²) in [6.45, 7) is 0. The number of nitrogens with zero attached hydrogens (tertiary/aromatic N) is 3. The highest BCUT2D eigenvalue weighted by Crippen LogP contribution is 2.30. The monoisotopic (exact) mass is 211 g/mol. The van der Waals surface area contributed by atoms with E-state index in [0.29, 0.717) is 16.2 Å². The molecule has 1 N–H and O–H groups in total. The molecule has 0 amide bonds. The Bertz CT molecular complexity index is 449. The van der Waals surface area contributed by atoms with Gasteiger partial charge in [-0.2, -0.15) is 0 Å². The van der Waals surface area contributed by atoms with Crippen molar-refractivity contribution in [3.63, 3.8) is 0 Å². The lowest BCUT2D eigenvalue weighted by atomic mass is 10.4. The lowest BCUT2D eigenvalue weighted by Gasteiger charge is -2.00. The molecule has 2 aromatic heterocycles. The second kappa shape index (κ2) is 3.39. The van der Waals surface area contributed by atoms with Crippen molar-refractivity contribution in [1.82, 2.24) is 15.0 Å². The molecule has 0 unspecified atom stereocenters. The molecule has 13 heavy (non-hydrogen) atoms. The van der Waals surface area contributed by atoms with Gasteiger partial charge in [-0.25, -0.2) is 9.97 Å². The first-order valence-electron chi connectivity index (χ1n) is 3.43. The molecule has 0 aromatic carbocycles. The third-order valence-corrected chi connectivity index (χ3v) is 2.48. The summed E-state index contributed by atoms with van der Waals surface area (Å²) < 4.78 is 0. The summed E-state index contributed by atoms with van der Waals surface area (Å²) in [5.74, 6) is 0.0769. The summed E-state index contributed by atoms with van der Waals surface area (Å²) in [6.07, 6.45) is 3.11. The minimum absolute atomic E-state index is 0.0769. The molecule has 0 aliphatic rings. The van der Waals surface area contributed by atoms with E-state index in [2.05, 4.69) is 26.6 Å². The van der Waals surface area contributed by atoms with Gasteiger partial charge >= 0.3 is 0 Å². The summed E-state index contributed by atoms with van der Waals surface area (Å²) in [5.41, 5.74) is 1.09. The molecular weight excluding hydrogens is 206 g/mol. The van der Waals surface area contributed by atoms with Crippen LogP contribution in [0.1, 0.15) is 0 Å². The first kappa shape index (κ1) is 8.58. The van der Waals surface area contributed by atoms with Gasteiger partial charge in [-0.15, -0.1) is 11.7 Å². The van der Waals surface area contributed by atoms with Gasteiger partial charge in [0, 0.05) is 18.5 Å². The molecule has 0 saturated heterocycles. The summed E-state index contributed by atoms with van der Waals surface area (Å²) in [7, 11) is 1.08. The zero-order valence-electron chi connectivity index (χ0n) is 6.38. The SMILES string of the molecule is Oc1cc2nccnc2nc1SS. The first-order chi connectivity index (χ1) is 6.31. The van der Waals surface area contributed by atoms with Crippen molar-refractivity contribution in [2.75, 3.05) is 0 Å². The van der Waals surface area contributed by atoms with Crippen LogP contribution in [0.4, 0.5) is 0 Å². The van der Waals surface area contributed by atoms with E-state index in [1.54, 1.807) is 12.4 Å². The lowest BCUT2D eigenvalue weighted by molar-refractivity contribution is 0.458. The Morgan fingerprint density at radius 2 is 2.08 bits per heavy atom. The highest BCUT2D eigenvalue weighted by atomic mass is 33.1. The van der Waals surface area contributed by atoms with Crippen LogP contribution >= 0.6 is 22.5 Å². The largest absolute Gasteiger partial charge is 0.505 e. The highest BCUT2D eigenvalue weighted by molar-refractivity contribution is 8.68. The van der Waals surface area contributed by atoms with Crippen LogP contribution in [-0.4, -0.2) is 20.1 Å². The van der Waals surface area contributed by atoms with Gasteiger partial charge in [-0.3, -0.25) is 4.98 Å². The summed E-state index contributed by atoms with van der Waals surface area (Å²) in [6, 6.07) is 1.52. The smallest absolute Gasteiger partial charge is 0.179 e. The van der Waals surface area contributed by atoms with Crippen LogP contribution in [0.2, 0.25) is 0 Å². The predicted octanol–water partition coefficient (Wildman–Crippen LogP) is 1.67. The van der Waals surface area contributed by atoms with Crippen LogP contribution in [-0.2, 0) is 0 Å². The van der Waals surface area contributed by atoms with Crippen molar-refractivity contribution in [2.24, 2.45) is 0 Å². The zero-order chi connectivity index (χ0) is 9.26. The molecule has 66 valence electrons. The van der Waals surface area contributed by atoms with Crippen molar-refractivity contribution in [2.45, 2.75) is 5.03 Å². The molecule has 4 nitrogen and oxygen atoms in total. The van der Waals surface area contributed by atoms with Gasteiger partial charge in [-0.1, -0.05) is 0 Å². The second-order valence-corrected chi connectivity index (χ2v) is 3.42. The Morgan fingerprint density at radius 3 is 2.85 bits per heavy atom. The number of fused-ring (bicyclic) bond motifs is 1. The van der Waals surface area contributed by atoms with Gasteiger partial charge in [0.1, 0.15) is 5.52 Å². The van der Waals surface area contributed by atoms with Gasteiger partial charge in [0.15, 0.2) is 16.4 Å². The van der Waals surface area contributed by atoms with Crippen LogP contribution in [0, 0.1) is 0 Å². The Hall–Kier alpha value is -1.01. The summed E-state index contributed by atoms with van der Waals surface area (Å²) in [4.78, 5) is 12.1. The number of rotatable bonds is 1. The lowest BCUT2D eigenvalue weighted by Crippen LogP contribution is -1.87. The third-order valence-electron chi connectivity index (χ3n) is 1.49. The minimum atomic E-state index is 0.0769. The average Bonchev–Trinajstić information content (AvgIpc) is 2.17. The van der Waals surface area contributed by atoms with Crippen molar-refractivity contribution >= 4 is 33.6 Å². The zero-order valence-corrected chi connectivity index (χ0v) is 8.09. The van der Waals surface area contributed by atoms with E-state index in [4.69, 9.17) is 0 Å². The Labute approximate surface area is 83.2 Å². The van der Waals surface area contributed by atoms with Crippen LogP contribution in [0.5, 0.6) is 5.75 Å². The van der Waals surface area contributed by atoms with Crippen LogP contribution in [0.25, 0.3) is 11.2 Å². The van der Waals surface area contributed by atoms with Crippen LogP contribution < -0.4 is 0 Å². The molecule has 0 saturated carbocycles. The van der Waals surface area contributed by atoms with Crippen molar-refractivity contribution in [3.8, 4) is 5.75 Å². The highest BCUT2D eigenvalue weighted by Gasteiger charge is 2.05. The van der Waals surface area contributed by atoms with E-state index in [0.717, 1.165) is 10.8 Å². The minimum Gasteiger partial charge on any atom is -0.505 e. The second-order valence-electron chi connectivity index (χ2n) is 2.30. The summed E-state index contributed by atoms with van der Waals surface area (Å²) in [5, 5.41) is 9.85.